The van der Waals surface area contributed by atoms with Crippen molar-refractivity contribution in [3.8, 4) is 17.2 Å². The highest BCUT2D eigenvalue weighted by Gasteiger charge is 2.18. The highest BCUT2D eigenvalue weighted by molar-refractivity contribution is 14.1. The third-order valence-electron chi connectivity index (χ3n) is 4.70. The van der Waals surface area contributed by atoms with Gasteiger partial charge in [-0.3, -0.25) is 9.59 Å². The number of hydrogen-bond acceptors (Lipinski definition) is 7. The Morgan fingerprint density at radius 1 is 1.09 bits per heavy atom. The summed E-state index contributed by atoms with van der Waals surface area (Å²) < 4.78 is 22.4. The van der Waals surface area contributed by atoms with Crippen LogP contribution in [0.15, 0.2) is 41.5 Å². The second-order valence-corrected chi connectivity index (χ2v) is 7.90. The molecule has 2 aromatic rings. The molecule has 1 saturated heterocycles. The topological polar surface area (TPSA) is 98.7 Å². The summed E-state index contributed by atoms with van der Waals surface area (Å²) in [4.78, 5) is 26.3. The number of morpholine rings is 1. The van der Waals surface area contributed by atoms with Crippen molar-refractivity contribution in [2.75, 3.05) is 47.1 Å². The number of nitrogens with zero attached hydrogens (tertiary/aromatic N) is 2. The molecule has 1 aliphatic rings. The SMILES string of the molecule is COc1cc(C(=O)N/N=C/c2ccc(OCC(=O)N3CCOCC3)c(OC)c2)ccc1I. The smallest absolute Gasteiger partial charge is 0.271 e. The average molecular weight is 553 g/mol. The number of carbonyl (C=O) groups excluding carboxylic acids is 2. The molecule has 0 saturated carbocycles. The van der Waals surface area contributed by atoms with Gasteiger partial charge in [-0.05, 0) is 64.6 Å². The molecule has 170 valence electrons. The van der Waals surface area contributed by atoms with E-state index in [1.807, 2.05) is 0 Å². The van der Waals surface area contributed by atoms with Crippen molar-refractivity contribution in [1.29, 1.82) is 0 Å². The van der Waals surface area contributed by atoms with Gasteiger partial charge in [0.1, 0.15) is 5.75 Å². The molecule has 1 heterocycles. The maximum absolute atomic E-state index is 12.3. The number of hydrazone groups is 1. The van der Waals surface area contributed by atoms with Crippen LogP contribution in [0.3, 0.4) is 0 Å². The molecule has 9 nitrogen and oxygen atoms in total. The Hall–Kier alpha value is -2.86. The number of halogens is 1. The maximum Gasteiger partial charge on any atom is 0.271 e. The van der Waals surface area contributed by atoms with Gasteiger partial charge in [0.25, 0.3) is 11.8 Å². The van der Waals surface area contributed by atoms with Gasteiger partial charge in [-0.25, -0.2) is 5.43 Å². The minimum atomic E-state index is -0.357. The minimum absolute atomic E-state index is 0.0840. The number of hydrogen-bond donors (Lipinski definition) is 1. The largest absolute Gasteiger partial charge is 0.496 e. The van der Waals surface area contributed by atoms with Crippen molar-refractivity contribution < 1.29 is 28.5 Å². The van der Waals surface area contributed by atoms with Crippen LogP contribution in [0.4, 0.5) is 0 Å². The first-order valence-electron chi connectivity index (χ1n) is 9.85. The van der Waals surface area contributed by atoms with Crippen LogP contribution in [0.25, 0.3) is 0 Å². The molecule has 3 rings (SSSR count). The van der Waals surface area contributed by atoms with Crippen molar-refractivity contribution in [3.05, 3.63) is 51.1 Å². The first-order chi connectivity index (χ1) is 15.5. The molecule has 1 fully saturated rings. The predicted molar refractivity (Wildman–Crippen MR) is 127 cm³/mol. The average Bonchev–Trinajstić information content (AvgIpc) is 2.83. The summed E-state index contributed by atoms with van der Waals surface area (Å²) in [5, 5.41) is 4.00. The third kappa shape index (κ3) is 6.33. The molecule has 1 N–H and O–H groups in total. The number of ether oxygens (including phenoxy) is 4. The van der Waals surface area contributed by atoms with Crippen molar-refractivity contribution in [3.63, 3.8) is 0 Å². The third-order valence-corrected chi connectivity index (χ3v) is 5.59. The highest BCUT2D eigenvalue weighted by atomic mass is 127. The zero-order chi connectivity index (χ0) is 22.9. The fraction of sp³-hybridized carbons (Fsp3) is 0.318. The molecule has 0 unspecified atom stereocenters. The predicted octanol–water partition coefficient (Wildman–Crippen LogP) is 2.31. The van der Waals surface area contributed by atoms with Gasteiger partial charge in [-0.2, -0.15) is 5.10 Å². The van der Waals surface area contributed by atoms with Gasteiger partial charge in [0.15, 0.2) is 18.1 Å². The fourth-order valence-corrected chi connectivity index (χ4v) is 3.51. The van der Waals surface area contributed by atoms with Gasteiger partial charge in [0.2, 0.25) is 0 Å². The second kappa shape index (κ2) is 11.7. The van der Waals surface area contributed by atoms with Crippen LogP contribution in [0.1, 0.15) is 15.9 Å². The molecule has 10 heteroatoms. The summed E-state index contributed by atoms with van der Waals surface area (Å²) in [7, 11) is 3.06. The molecule has 0 aliphatic carbocycles. The maximum atomic E-state index is 12.3. The summed E-state index contributed by atoms with van der Waals surface area (Å²) in [5.74, 6) is 1.06. The molecule has 0 spiro atoms. The summed E-state index contributed by atoms with van der Waals surface area (Å²) >= 11 is 2.13. The summed E-state index contributed by atoms with van der Waals surface area (Å²) in [6.07, 6.45) is 1.49. The molecule has 2 aromatic carbocycles. The van der Waals surface area contributed by atoms with Crippen molar-refractivity contribution in [1.82, 2.24) is 10.3 Å². The van der Waals surface area contributed by atoms with E-state index < -0.39 is 0 Å². The molecular weight excluding hydrogens is 529 g/mol. The van der Waals surface area contributed by atoms with E-state index in [4.69, 9.17) is 18.9 Å². The van der Waals surface area contributed by atoms with Crippen LogP contribution in [0, 0.1) is 3.57 Å². The van der Waals surface area contributed by atoms with E-state index in [1.165, 1.54) is 13.3 Å². The molecule has 2 amide bonds. The Balaban J connectivity index is 1.58. The van der Waals surface area contributed by atoms with E-state index in [0.29, 0.717) is 54.7 Å². The van der Waals surface area contributed by atoms with E-state index in [2.05, 4.69) is 33.1 Å². The molecule has 0 atom stereocenters. The van der Waals surface area contributed by atoms with Gasteiger partial charge in [-0.15, -0.1) is 0 Å². The molecule has 1 aliphatic heterocycles. The zero-order valence-corrected chi connectivity index (χ0v) is 20.0. The molecule has 0 aromatic heterocycles. The van der Waals surface area contributed by atoms with Gasteiger partial charge < -0.3 is 23.8 Å². The lowest BCUT2D eigenvalue weighted by Crippen LogP contribution is -2.43. The van der Waals surface area contributed by atoms with Gasteiger partial charge in [0.05, 0.1) is 37.2 Å². The Kier molecular flexibility index (Phi) is 8.68. The molecule has 32 heavy (non-hydrogen) atoms. The van der Waals surface area contributed by atoms with E-state index in [1.54, 1.807) is 48.4 Å². The second-order valence-electron chi connectivity index (χ2n) is 6.74. The number of rotatable bonds is 8. The first-order valence-corrected chi connectivity index (χ1v) is 10.9. The monoisotopic (exact) mass is 553 g/mol. The normalized spacial score (nSPS) is 13.7. The standard InChI is InChI=1S/C22H24IN3O6/c1-29-19-12-16(4-5-17(19)23)22(28)25-24-13-15-3-6-18(20(11-15)30-2)32-14-21(27)26-7-9-31-10-8-26/h3-6,11-13H,7-10,14H2,1-2H3,(H,25,28)/b24-13+. The van der Waals surface area contributed by atoms with Gasteiger partial charge in [0, 0.05) is 18.7 Å². The number of benzene rings is 2. The fourth-order valence-electron chi connectivity index (χ4n) is 2.96. The number of amides is 2. The van der Waals surface area contributed by atoms with E-state index >= 15 is 0 Å². The van der Waals surface area contributed by atoms with Crippen molar-refractivity contribution in [2.24, 2.45) is 5.10 Å². The zero-order valence-electron chi connectivity index (χ0n) is 17.8. The first kappa shape index (κ1) is 23.8. The van der Waals surface area contributed by atoms with E-state index in [-0.39, 0.29) is 18.4 Å². The van der Waals surface area contributed by atoms with Crippen molar-refractivity contribution >= 4 is 40.6 Å². The number of carbonyl (C=O) groups is 2. The van der Waals surface area contributed by atoms with Crippen LogP contribution in [-0.2, 0) is 9.53 Å². The van der Waals surface area contributed by atoms with Crippen LogP contribution in [0.2, 0.25) is 0 Å². The van der Waals surface area contributed by atoms with Crippen LogP contribution >= 0.6 is 22.6 Å². The van der Waals surface area contributed by atoms with E-state index in [9.17, 15) is 9.59 Å². The van der Waals surface area contributed by atoms with Crippen molar-refractivity contribution in [2.45, 2.75) is 0 Å². The molecule has 0 bridgehead atoms. The number of methoxy groups -OCH3 is 2. The van der Waals surface area contributed by atoms with Gasteiger partial charge >= 0.3 is 0 Å². The van der Waals surface area contributed by atoms with Crippen LogP contribution < -0.4 is 19.6 Å². The van der Waals surface area contributed by atoms with Gasteiger partial charge in [-0.1, -0.05) is 0 Å². The molecule has 0 radical (unpaired) electrons. The highest BCUT2D eigenvalue weighted by Crippen LogP contribution is 2.27. The summed E-state index contributed by atoms with van der Waals surface area (Å²) in [6, 6.07) is 10.3. The lowest BCUT2D eigenvalue weighted by molar-refractivity contribution is -0.137. The number of nitrogens with one attached hydrogen (secondary N) is 1. The summed E-state index contributed by atoms with van der Waals surface area (Å²) in [5.41, 5.74) is 3.61. The Morgan fingerprint density at radius 3 is 2.56 bits per heavy atom. The Bertz CT molecular complexity index is 992. The molecular formula is C22H24IN3O6. The minimum Gasteiger partial charge on any atom is -0.496 e. The van der Waals surface area contributed by atoms with Crippen LogP contribution in [-0.4, -0.2) is 70.1 Å². The Morgan fingerprint density at radius 2 is 1.84 bits per heavy atom. The lowest BCUT2D eigenvalue weighted by Gasteiger charge is -2.26. The quantitative estimate of drug-likeness (QED) is 0.306. The lowest BCUT2D eigenvalue weighted by atomic mass is 10.2. The Labute approximate surface area is 199 Å². The van der Waals surface area contributed by atoms with E-state index in [0.717, 1.165) is 3.57 Å². The van der Waals surface area contributed by atoms with Crippen LogP contribution in [0.5, 0.6) is 17.2 Å². The summed E-state index contributed by atoms with van der Waals surface area (Å²) in [6.45, 7) is 2.12.